The molecule has 0 N–H and O–H groups in total. The van der Waals surface area contributed by atoms with Gasteiger partial charge in [-0.25, -0.2) is 8.78 Å². The number of hydrogen-bond donors (Lipinski definition) is 0. The molecule has 1 saturated carbocycles. The van der Waals surface area contributed by atoms with Gasteiger partial charge in [0.2, 0.25) is 0 Å². The van der Waals surface area contributed by atoms with Gasteiger partial charge in [-0.3, -0.25) is 0 Å². The summed E-state index contributed by atoms with van der Waals surface area (Å²) in [5.74, 6) is -0.373. The monoisotopic (exact) mass is 450 g/mol. The van der Waals surface area contributed by atoms with E-state index >= 15 is 8.78 Å². The largest absolute Gasteiger partial charge is 0.573 e. The molecule has 172 valence electrons. The molecule has 0 heterocycles. The van der Waals surface area contributed by atoms with Crippen LogP contribution in [-0.4, -0.2) is 6.36 Å². The number of hydrogen-bond acceptors (Lipinski definition) is 1. The summed E-state index contributed by atoms with van der Waals surface area (Å²) in [5, 5.41) is 0. The molecule has 1 fully saturated rings. The van der Waals surface area contributed by atoms with Gasteiger partial charge in [-0.15, -0.1) is 13.2 Å². The van der Waals surface area contributed by atoms with Crippen LogP contribution in [0.5, 0.6) is 5.75 Å². The molecular formula is C26H27F5O. The summed E-state index contributed by atoms with van der Waals surface area (Å²) in [5.41, 5.74) is 1.36. The minimum Gasteiger partial charge on any atom is -0.406 e. The van der Waals surface area contributed by atoms with E-state index in [4.69, 9.17) is 0 Å². The van der Waals surface area contributed by atoms with Crippen molar-refractivity contribution >= 4 is 0 Å². The minimum absolute atomic E-state index is 0.178. The van der Waals surface area contributed by atoms with Crippen molar-refractivity contribution in [3.05, 3.63) is 65.2 Å². The van der Waals surface area contributed by atoms with E-state index in [1.54, 1.807) is 0 Å². The van der Waals surface area contributed by atoms with Crippen molar-refractivity contribution in [2.75, 3.05) is 0 Å². The van der Waals surface area contributed by atoms with Crippen molar-refractivity contribution in [2.24, 2.45) is 11.8 Å². The number of halogens is 5. The summed E-state index contributed by atoms with van der Waals surface area (Å²) in [6, 6.07) is 6.14. The molecule has 4 rings (SSSR count). The Labute approximate surface area is 185 Å². The molecule has 6 heteroatoms. The fourth-order valence-corrected chi connectivity index (χ4v) is 5.53. The van der Waals surface area contributed by atoms with E-state index in [0.29, 0.717) is 23.8 Å². The zero-order valence-electron chi connectivity index (χ0n) is 18.0. The summed E-state index contributed by atoms with van der Waals surface area (Å²) >= 11 is 0. The Bertz CT molecular complexity index is 977. The van der Waals surface area contributed by atoms with Crippen molar-refractivity contribution in [1.82, 2.24) is 0 Å². The van der Waals surface area contributed by atoms with Crippen LogP contribution >= 0.6 is 0 Å². The highest BCUT2D eigenvalue weighted by Gasteiger charge is 2.37. The molecule has 2 aromatic rings. The third kappa shape index (κ3) is 4.84. The first-order valence-electron chi connectivity index (χ1n) is 11.2. The molecule has 0 aromatic heterocycles. The summed E-state index contributed by atoms with van der Waals surface area (Å²) in [7, 11) is 0. The van der Waals surface area contributed by atoms with Crippen molar-refractivity contribution < 1.29 is 26.7 Å². The van der Waals surface area contributed by atoms with Crippen LogP contribution in [0.4, 0.5) is 22.0 Å². The highest BCUT2D eigenvalue weighted by molar-refractivity contribution is 5.68. The Morgan fingerprint density at radius 3 is 2.50 bits per heavy atom. The van der Waals surface area contributed by atoms with E-state index < -0.39 is 23.7 Å². The molecule has 3 unspecified atom stereocenters. The Kier molecular flexibility index (Phi) is 6.59. The predicted octanol–water partition coefficient (Wildman–Crippen LogP) is 8.33. The van der Waals surface area contributed by atoms with Gasteiger partial charge in [0.05, 0.1) is 5.56 Å². The summed E-state index contributed by atoms with van der Waals surface area (Å²) < 4.78 is 71.5. The molecule has 2 aliphatic carbocycles. The Morgan fingerprint density at radius 1 is 1.06 bits per heavy atom. The van der Waals surface area contributed by atoms with Crippen LogP contribution in [0.25, 0.3) is 11.1 Å². The first-order chi connectivity index (χ1) is 15.3. The third-order valence-corrected chi connectivity index (χ3v) is 6.96. The lowest BCUT2D eigenvalue weighted by Gasteiger charge is -2.41. The van der Waals surface area contributed by atoms with Crippen LogP contribution in [0.2, 0.25) is 0 Å². The second-order valence-corrected chi connectivity index (χ2v) is 8.92. The van der Waals surface area contributed by atoms with Crippen LogP contribution in [-0.2, 0) is 6.42 Å². The second kappa shape index (κ2) is 9.24. The quantitative estimate of drug-likeness (QED) is 0.329. The second-order valence-electron chi connectivity index (χ2n) is 8.92. The number of allylic oxidation sites excluding steroid dienone is 2. The normalized spacial score (nSPS) is 23.1. The van der Waals surface area contributed by atoms with Crippen molar-refractivity contribution in [1.29, 1.82) is 0 Å². The highest BCUT2D eigenvalue weighted by Crippen LogP contribution is 2.49. The van der Waals surface area contributed by atoms with E-state index in [0.717, 1.165) is 56.2 Å². The molecule has 0 spiro atoms. The molecule has 2 aliphatic rings. The van der Waals surface area contributed by atoms with Gasteiger partial charge in [0.25, 0.3) is 0 Å². The lowest BCUT2D eigenvalue weighted by atomic mass is 9.64. The fourth-order valence-electron chi connectivity index (χ4n) is 5.53. The van der Waals surface area contributed by atoms with Gasteiger partial charge < -0.3 is 4.74 Å². The van der Waals surface area contributed by atoms with Gasteiger partial charge in [-0.05, 0) is 105 Å². The van der Waals surface area contributed by atoms with Crippen LogP contribution in [0, 0.1) is 23.5 Å². The number of alkyl halides is 3. The van der Waals surface area contributed by atoms with Gasteiger partial charge in [0, 0.05) is 0 Å². The highest BCUT2D eigenvalue weighted by atomic mass is 19.4. The lowest BCUT2D eigenvalue weighted by Crippen LogP contribution is -2.29. The maximum Gasteiger partial charge on any atom is 0.573 e. The van der Waals surface area contributed by atoms with Crippen LogP contribution in [0.15, 0.2) is 42.5 Å². The summed E-state index contributed by atoms with van der Waals surface area (Å²) in [4.78, 5) is 0. The van der Waals surface area contributed by atoms with Gasteiger partial charge in [0.1, 0.15) is 17.4 Å². The fraction of sp³-hybridized carbons (Fsp3) is 0.462. The van der Waals surface area contributed by atoms with Crippen LogP contribution in [0.3, 0.4) is 0 Å². The molecule has 0 amide bonds. The molecule has 1 nitrogen and oxygen atoms in total. The van der Waals surface area contributed by atoms with Crippen LogP contribution in [0.1, 0.15) is 62.5 Å². The molecule has 3 atom stereocenters. The van der Waals surface area contributed by atoms with Gasteiger partial charge in [-0.2, -0.15) is 0 Å². The SMILES string of the molecule is CC=CCCC1CCC2c3cc(F)c(-c4ccc(OC(F)(F)F)cc4)c(F)c3CCC2C1. The van der Waals surface area contributed by atoms with Gasteiger partial charge in [-0.1, -0.05) is 24.3 Å². The van der Waals surface area contributed by atoms with Crippen molar-refractivity contribution in [2.45, 2.75) is 64.1 Å². The third-order valence-electron chi connectivity index (χ3n) is 6.96. The van der Waals surface area contributed by atoms with E-state index in [1.807, 2.05) is 6.92 Å². The molecule has 0 bridgehead atoms. The number of rotatable bonds is 5. The summed E-state index contributed by atoms with van der Waals surface area (Å²) in [6.07, 6.45) is 6.26. The van der Waals surface area contributed by atoms with E-state index in [2.05, 4.69) is 16.9 Å². The first-order valence-corrected chi connectivity index (χ1v) is 11.2. The first kappa shape index (κ1) is 22.8. The zero-order valence-corrected chi connectivity index (χ0v) is 18.0. The molecule has 0 radical (unpaired) electrons. The maximum atomic E-state index is 15.5. The molecule has 0 aliphatic heterocycles. The number of ether oxygens (including phenoxy) is 1. The Hall–Kier alpha value is -2.37. The zero-order chi connectivity index (χ0) is 22.9. The topological polar surface area (TPSA) is 9.23 Å². The standard InChI is InChI=1S/C26H27F5O/c1-2-3-4-5-16-6-12-20-18(14-16)9-13-21-22(20)15-23(27)24(25(21)28)17-7-10-19(11-8-17)32-26(29,30)31/h2-3,7-8,10-11,15-16,18,20H,4-6,9,12-14H2,1H3. The smallest absolute Gasteiger partial charge is 0.406 e. The maximum absolute atomic E-state index is 15.5. The Morgan fingerprint density at radius 2 is 1.81 bits per heavy atom. The van der Waals surface area contributed by atoms with Gasteiger partial charge in [0.15, 0.2) is 0 Å². The minimum atomic E-state index is -4.81. The van der Waals surface area contributed by atoms with Gasteiger partial charge >= 0.3 is 6.36 Å². The summed E-state index contributed by atoms with van der Waals surface area (Å²) in [6.45, 7) is 2.02. The lowest BCUT2D eigenvalue weighted by molar-refractivity contribution is -0.274. The van der Waals surface area contributed by atoms with E-state index in [-0.39, 0.29) is 17.0 Å². The molecule has 2 aromatic carbocycles. The predicted molar refractivity (Wildman–Crippen MR) is 114 cm³/mol. The average Bonchev–Trinajstić information content (AvgIpc) is 2.74. The molecule has 32 heavy (non-hydrogen) atoms. The number of benzene rings is 2. The van der Waals surface area contributed by atoms with Crippen molar-refractivity contribution in [3.8, 4) is 16.9 Å². The molecule has 0 saturated heterocycles. The molecular weight excluding hydrogens is 423 g/mol. The van der Waals surface area contributed by atoms with E-state index in [1.165, 1.54) is 18.2 Å². The van der Waals surface area contributed by atoms with Crippen molar-refractivity contribution in [3.63, 3.8) is 0 Å². The van der Waals surface area contributed by atoms with Crippen LogP contribution < -0.4 is 4.74 Å². The average molecular weight is 450 g/mol. The van der Waals surface area contributed by atoms with E-state index in [9.17, 15) is 13.2 Å². The number of fused-ring (bicyclic) bond motifs is 3. The Balaban J connectivity index is 1.57.